The minimum absolute atomic E-state index is 0.170. The van der Waals surface area contributed by atoms with Crippen molar-refractivity contribution < 1.29 is 9.72 Å². The molecular weight excluding hydrogens is 244 g/mol. The van der Waals surface area contributed by atoms with E-state index in [-0.39, 0.29) is 29.1 Å². The highest BCUT2D eigenvalue weighted by molar-refractivity contribution is 5.98. The zero-order valence-corrected chi connectivity index (χ0v) is 10.1. The molecule has 2 N–H and O–H groups in total. The van der Waals surface area contributed by atoms with Crippen molar-refractivity contribution in [3.63, 3.8) is 0 Å². The van der Waals surface area contributed by atoms with Crippen LogP contribution in [0.4, 0.5) is 11.4 Å². The zero-order chi connectivity index (χ0) is 13.8. The number of nitrogens with two attached hydrogens (primary N) is 1. The van der Waals surface area contributed by atoms with E-state index in [2.05, 4.69) is 0 Å². The predicted octanol–water partition coefficient (Wildman–Crippen LogP) is 2.60. The molecule has 0 aliphatic heterocycles. The molecule has 0 aliphatic carbocycles. The normalized spacial score (nSPS) is 10.1. The Morgan fingerprint density at radius 1 is 1.16 bits per heavy atom. The Hall–Kier alpha value is -2.69. The van der Waals surface area contributed by atoms with E-state index in [1.165, 1.54) is 18.2 Å². The first-order valence-corrected chi connectivity index (χ1v) is 5.68. The van der Waals surface area contributed by atoms with Crippen LogP contribution >= 0.6 is 0 Å². The van der Waals surface area contributed by atoms with Gasteiger partial charge in [0.15, 0.2) is 5.78 Å². The molecule has 0 saturated heterocycles. The Morgan fingerprint density at radius 2 is 1.84 bits per heavy atom. The number of hydrogen-bond donors (Lipinski definition) is 1. The van der Waals surface area contributed by atoms with Crippen molar-refractivity contribution in [1.82, 2.24) is 0 Å². The third-order valence-electron chi connectivity index (χ3n) is 2.68. The number of nitrogens with zero attached hydrogens (tertiary/aromatic N) is 1. The van der Waals surface area contributed by atoms with Gasteiger partial charge in [0.05, 0.1) is 4.92 Å². The van der Waals surface area contributed by atoms with Crippen molar-refractivity contribution in [1.29, 1.82) is 0 Å². The van der Waals surface area contributed by atoms with Crippen molar-refractivity contribution in [2.24, 2.45) is 0 Å². The lowest BCUT2D eigenvalue weighted by Crippen LogP contribution is -2.05. The summed E-state index contributed by atoms with van der Waals surface area (Å²) in [5.41, 5.74) is 6.73. The third-order valence-corrected chi connectivity index (χ3v) is 2.68. The first-order chi connectivity index (χ1) is 9.06. The topological polar surface area (TPSA) is 86.2 Å². The number of rotatable bonds is 4. The molecular formula is C14H12N2O3. The highest BCUT2D eigenvalue weighted by atomic mass is 16.6. The molecule has 5 heteroatoms. The first kappa shape index (κ1) is 12.8. The average Bonchev–Trinajstić information content (AvgIpc) is 2.39. The number of carbonyl (C=O) groups is 1. The van der Waals surface area contributed by atoms with Gasteiger partial charge < -0.3 is 5.73 Å². The molecule has 2 rings (SSSR count). The molecule has 5 nitrogen and oxygen atoms in total. The minimum atomic E-state index is -0.560. The summed E-state index contributed by atoms with van der Waals surface area (Å²) in [6.45, 7) is 0. The maximum absolute atomic E-state index is 12.1. The van der Waals surface area contributed by atoms with Crippen LogP contribution in [0.2, 0.25) is 0 Å². The van der Waals surface area contributed by atoms with Crippen molar-refractivity contribution in [2.75, 3.05) is 5.73 Å². The van der Waals surface area contributed by atoms with Gasteiger partial charge in [-0.3, -0.25) is 14.9 Å². The van der Waals surface area contributed by atoms with Crippen molar-refractivity contribution in [2.45, 2.75) is 6.42 Å². The van der Waals surface area contributed by atoms with Crippen LogP contribution < -0.4 is 5.73 Å². The number of nitrogen functional groups attached to an aromatic ring is 1. The van der Waals surface area contributed by atoms with Crippen LogP contribution in [0.25, 0.3) is 0 Å². The number of non-ortho nitro benzene ring substituents is 1. The van der Waals surface area contributed by atoms with Crippen LogP contribution in [-0.2, 0) is 6.42 Å². The van der Waals surface area contributed by atoms with E-state index in [0.29, 0.717) is 0 Å². The second-order valence-electron chi connectivity index (χ2n) is 4.16. The fraction of sp³-hybridized carbons (Fsp3) is 0.0714. The van der Waals surface area contributed by atoms with Gasteiger partial charge in [-0.2, -0.15) is 0 Å². The number of nitro benzene ring substituents is 1. The molecule has 0 unspecified atom stereocenters. The molecule has 0 atom stereocenters. The Kier molecular flexibility index (Phi) is 3.56. The van der Waals surface area contributed by atoms with E-state index < -0.39 is 4.92 Å². The van der Waals surface area contributed by atoms with Crippen LogP contribution in [0.1, 0.15) is 15.9 Å². The summed E-state index contributed by atoms with van der Waals surface area (Å²) in [5, 5.41) is 10.7. The van der Waals surface area contributed by atoms with Gasteiger partial charge in [0, 0.05) is 29.8 Å². The lowest BCUT2D eigenvalue weighted by Gasteiger charge is -2.03. The van der Waals surface area contributed by atoms with Gasteiger partial charge in [-0.1, -0.05) is 30.3 Å². The van der Waals surface area contributed by atoms with Crippen molar-refractivity contribution >= 4 is 17.2 Å². The molecule has 0 bridgehead atoms. The van der Waals surface area contributed by atoms with Crippen LogP contribution in [0.5, 0.6) is 0 Å². The van der Waals surface area contributed by atoms with E-state index in [1.807, 2.05) is 30.3 Å². The fourth-order valence-corrected chi connectivity index (χ4v) is 1.78. The van der Waals surface area contributed by atoms with Gasteiger partial charge in [-0.05, 0) is 11.6 Å². The van der Waals surface area contributed by atoms with Gasteiger partial charge in [0.1, 0.15) is 0 Å². The predicted molar refractivity (Wildman–Crippen MR) is 72.0 cm³/mol. The highest BCUT2D eigenvalue weighted by Crippen LogP contribution is 2.20. The molecule has 96 valence electrons. The van der Waals surface area contributed by atoms with Crippen molar-refractivity contribution in [3.05, 3.63) is 69.8 Å². The number of carbonyl (C=O) groups excluding carboxylic acids is 1. The molecule has 0 amide bonds. The lowest BCUT2D eigenvalue weighted by molar-refractivity contribution is -0.384. The smallest absolute Gasteiger partial charge is 0.272 e. The van der Waals surface area contributed by atoms with E-state index in [0.717, 1.165) is 5.56 Å². The minimum Gasteiger partial charge on any atom is -0.399 e. The summed E-state index contributed by atoms with van der Waals surface area (Å²) in [6.07, 6.45) is 0.196. The molecule has 0 saturated carbocycles. The molecule has 2 aromatic carbocycles. The van der Waals surface area contributed by atoms with Crippen LogP contribution in [0.15, 0.2) is 48.5 Å². The quantitative estimate of drug-likeness (QED) is 0.394. The standard InChI is InChI=1S/C14H12N2O3/c15-12-7-11(8-13(9-12)16(18)19)14(17)6-10-4-2-1-3-5-10/h1-5,7-9H,6,15H2. The Bertz CT molecular complexity index is 624. The lowest BCUT2D eigenvalue weighted by atomic mass is 10.0. The molecule has 0 heterocycles. The maximum Gasteiger partial charge on any atom is 0.272 e. The van der Waals surface area contributed by atoms with Gasteiger partial charge in [-0.15, -0.1) is 0 Å². The Morgan fingerprint density at radius 3 is 2.47 bits per heavy atom. The zero-order valence-electron chi connectivity index (χ0n) is 10.1. The number of ketones is 1. The molecule has 0 aromatic heterocycles. The van der Waals surface area contributed by atoms with Gasteiger partial charge in [-0.25, -0.2) is 0 Å². The van der Waals surface area contributed by atoms with Gasteiger partial charge in [0.25, 0.3) is 5.69 Å². The molecule has 0 radical (unpaired) electrons. The summed E-state index contributed by atoms with van der Waals surface area (Å²) in [5.74, 6) is -0.193. The summed E-state index contributed by atoms with van der Waals surface area (Å²) < 4.78 is 0. The average molecular weight is 256 g/mol. The van der Waals surface area contributed by atoms with Crippen molar-refractivity contribution in [3.8, 4) is 0 Å². The van der Waals surface area contributed by atoms with Crippen LogP contribution in [0, 0.1) is 10.1 Å². The summed E-state index contributed by atoms with van der Waals surface area (Å²) >= 11 is 0. The Balaban J connectivity index is 2.26. The maximum atomic E-state index is 12.1. The third kappa shape index (κ3) is 3.16. The van der Waals surface area contributed by atoms with Crippen LogP contribution in [0.3, 0.4) is 0 Å². The first-order valence-electron chi connectivity index (χ1n) is 5.68. The summed E-state index contributed by atoms with van der Waals surface area (Å²) in [6, 6.07) is 13.1. The highest BCUT2D eigenvalue weighted by Gasteiger charge is 2.13. The second-order valence-corrected chi connectivity index (χ2v) is 4.16. The largest absolute Gasteiger partial charge is 0.399 e. The van der Waals surface area contributed by atoms with E-state index >= 15 is 0 Å². The molecule has 19 heavy (non-hydrogen) atoms. The molecule has 2 aromatic rings. The van der Waals surface area contributed by atoms with Gasteiger partial charge >= 0.3 is 0 Å². The number of hydrogen-bond acceptors (Lipinski definition) is 4. The molecule has 0 aliphatic rings. The Labute approximate surface area is 109 Å². The van der Waals surface area contributed by atoms with Gasteiger partial charge in [0.2, 0.25) is 0 Å². The molecule has 0 fully saturated rings. The van der Waals surface area contributed by atoms with E-state index in [9.17, 15) is 14.9 Å². The monoisotopic (exact) mass is 256 g/mol. The number of benzene rings is 2. The van der Waals surface area contributed by atoms with Crippen LogP contribution in [-0.4, -0.2) is 10.7 Å². The SMILES string of the molecule is Nc1cc(C(=O)Cc2ccccc2)cc([N+](=O)[O-])c1. The number of nitro groups is 1. The number of Topliss-reactive ketones (excluding diaryl/α,β-unsaturated/α-hetero) is 1. The number of anilines is 1. The summed E-state index contributed by atoms with van der Waals surface area (Å²) in [4.78, 5) is 22.2. The fourth-order valence-electron chi connectivity index (χ4n) is 1.78. The summed E-state index contributed by atoms with van der Waals surface area (Å²) in [7, 11) is 0. The second kappa shape index (κ2) is 5.30. The molecule has 0 spiro atoms. The van der Waals surface area contributed by atoms with E-state index in [1.54, 1.807) is 0 Å². The van der Waals surface area contributed by atoms with E-state index in [4.69, 9.17) is 5.73 Å².